The molecule has 0 spiro atoms. The topological polar surface area (TPSA) is 94.0 Å². The molecule has 0 saturated heterocycles. The summed E-state index contributed by atoms with van der Waals surface area (Å²) in [5, 5.41) is 5.40. The minimum atomic E-state index is -0.291. The van der Waals surface area contributed by atoms with E-state index in [0.717, 1.165) is 10.8 Å². The quantitative estimate of drug-likeness (QED) is 0.864. The molecule has 0 aliphatic heterocycles. The molecular formula is C12H16N4O2S. The second kappa shape index (κ2) is 5.94. The van der Waals surface area contributed by atoms with Crippen LogP contribution in [0.1, 0.15) is 40.1 Å². The first-order valence-corrected chi connectivity index (χ1v) is 6.85. The molecule has 0 saturated carbocycles. The lowest BCUT2D eigenvalue weighted by Gasteiger charge is -2.08. The van der Waals surface area contributed by atoms with E-state index >= 15 is 0 Å². The standard InChI is InChI=1S/C12H16N4O2S/c1-7-5-14-12(18-7)8(2)15-11(17)9-6-19-10(16-9)3-4-13/h5-6,8H,3-4,13H2,1-2H3,(H,15,17). The van der Waals surface area contributed by atoms with Gasteiger partial charge in [0.25, 0.3) is 5.91 Å². The first-order valence-electron chi connectivity index (χ1n) is 5.98. The van der Waals surface area contributed by atoms with Crippen molar-refractivity contribution >= 4 is 17.2 Å². The third-order valence-corrected chi connectivity index (χ3v) is 3.41. The molecular weight excluding hydrogens is 264 g/mol. The van der Waals surface area contributed by atoms with Crippen molar-refractivity contribution in [1.29, 1.82) is 0 Å². The largest absolute Gasteiger partial charge is 0.444 e. The van der Waals surface area contributed by atoms with Crippen molar-refractivity contribution in [1.82, 2.24) is 15.3 Å². The Balaban J connectivity index is 1.99. The number of hydrogen-bond donors (Lipinski definition) is 2. The molecule has 1 atom stereocenters. The molecule has 2 aromatic heterocycles. The lowest BCUT2D eigenvalue weighted by Crippen LogP contribution is -2.27. The molecule has 2 rings (SSSR count). The summed E-state index contributed by atoms with van der Waals surface area (Å²) < 4.78 is 5.37. The number of rotatable bonds is 5. The highest BCUT2D eigenvalue weighted by Crippen LogP contribution is 2.14. The molecule has 6 nitrogen and oxygen atoms in total. The molecule has 3 N–H and O–H groups in total. The van der Waals surface area contributed by atoms with E-state index in [4.69, 9.17) is 10.2 Å². The minimum absolute atomic E-state index is 0.233. The highest BCUT2D eigenvalue weighted by atomic mass is 32.1. The number of thiazole rings is 1. The van der Waals surface area contributed by atoms with Gasteiger partial charge in [-0.1, -0.05) is 0 Å². The van der Waals surface area contributed by atoms with Crippen LogP contribution >= 0.6 is 11.3 Å². The van der Waals surface area contributed by atoms with Gasteiger partial charge in [-0.05, 0) is 20.4 Å². The number of aromatic nitrogens is 2. The fourth-order valence-corrected chi connectivity index (χ4v) is 2.35. The molecule has 1 amide bonds. The predicted molar refractivity (Wildman–Crippen MR) is 72.0 cm³/mol. The summed E-state index contributed by atoms with van der Waals surface area (Å²) in [5.41, 5.74) is 5.86. The number of nitrogens with zero attached hydrogens (tertiary/aromatic N) is 2. The maximum absolute atomic E-state index is 12.0. The van der Waals surface area contributed by atoms with Crippen molar-refractivity contribution < 1.29 is 9.21 Å². The van der Waals surface area contributed by atoms with Gasteiger partial charge in [-0.25, -0.2) is 9.97 Å². The van der Waals surface area contributed by atoms with Crippen LogP contribution < -0.4 is 11.1 Å². The summed E-state index contributed by atoms with van der Waals surface area (Å²) >= 11 is 1.44. The Kier molecular flexibility index (Phi) is 4.28. The van der Waals surface area contributed by atoms with Gasteiger partial charge in [-0.15, -0.1) is 11.3 Å². The summed E-state index contributed by atoms with van der Waals surface area (Å²) in [6.45, 7) is 4.15. The van der Waals surface area contributed by atoms with Crippen molar-refractivity contribution in [2.24, 2.45) is 5.73 Å². The highest BCUT2D eigenvalue weighted by molar-refractivity contribution is 7.09. The van der Waals surface area contributed by atoms with Gasteiger partial charge in [0.2, 0.25) is 5.89 Å². The van der Waals surface area contributed by atoms with Crippen molar-refractivity contribution in [3.8, 4) is 0 Å². The van der Waals surface area contributed by atoms with Gasteiger partial charge in [0, 0.05) is 11.8 Å². The van der Waals surface area contributed by atoms with Crippen LogP contribution in [0.3, 0.4) is 0 Å². The Hall–Kier alpha value is -1.73. The van der Waals surface area contributed by atoms with Crippen LogP contribution in [0.5, 0.6) is 0 Å². The number of aryl methyl sites for hydroxylation is 1. The number of oxazole rings is 1. The lowest BCUT2D eigenvalue weighted by atomic mass is 10.3. The van der Waals surface area contributed by atoms with Gasteiger partial charge in [-0.3, -0.25) is 4.79 Å². The van der Waals surface area contributed by atoms with Gasteiger partial charge in [-0.2, -0.15) is 0 Å². The van der Waals surface area contributed by atoms with E-state index in [1.165, 1.54) is 11.3 Å². The molecule has 7 heteroatoms. The van der Waals surface area contributed by atoms with Crippen molar-refractivity contribution in [2.75, 3.05) is 6.54 Å². The molecule has 0 radical (unpaired) electrons. The monoisotopic (exact) mass is 280 g/mol. The molecule has 0 bridgehead atoms. The number of hydrogen-bond acceptors (Lipinski definition) is 6. The van der Waals surface area contributed by atoms with Crippen molar-refractivity contribution in [2.45, 2.75) is 26.3 Å². The molecule has 19 heavy (non-hydrogen) atoms. The van der Waals surface area contributed by atoms with E-state index < -0.39 is 0 Å². The zero-order chi connectivity index (χ0) is 13.8. The smallest absolute Gasteiger partial charge is 0.271 e. The Morgan fingerprint density at radius 1 is 1.63 bits per heavy atom. The molecule has 1 unspecified atom stereocenters. The molecule has 0 aliphatic carbocycles. The summed E-state index contributed by atoms with van der Waals surface area (Å²) in [4.78, 5) is 20.3. The minimum Gasteiger partial charge on any atom is -0.444 e. The average molecular weight is 280 g/mol. The highest BCUT2D eigenvalue weighted by Gasteiger charge is 2.17. The number of amides is 1. The summed E-state index contributed by atoms with van der Waals surface area (Å²) in [6.07, 6.45) is 2.31. The first-order chi connectivity index (χ1) is 9.10. The van der Waals surface area contributed by atoms with E-state index in [1.54, 1.807) is 11.6 Å². The van der Waals surface area contributed by atoms with Gasteiger partial charge in [0.1, 0.15) is 17.5 Å². The van der Waals surface area contributed by atoms with Crippen LogP contribution in [-0.2, 0) is 6.42 Å². The van der Waals surface area contributed by atoms with Gasteiger partial charge >= 0.3 is 0 Å². The summed E-state index contributed by atoms with van der Waals surface area (Å²) in [5.74, 6) is 0.973. The van der Waals surface area contributed by atoms with E-state index in [-0.39, 0.29) is 11.9 Å². The van der Waals surface area contributed by atoms with E-state index in [2.05, 4.69) is 15.3 Å². The van der Waals surface area contributed by atoms with Crippen LogP contribution in [0, 0.1) is 6.92 Å². The van der Waals surface area contributed by atoms with E-state index in [1.807, 2.05) is 13.8 Å². The third kappa shape index (κ3) is 3.39. The Morgan fingerprint density at radius 2 is 2.42 bits per heavy atom. The zero-order valence-corrected chi connectivity index (χ0v) is 11.7. The van der Waals surface area contributed by atoms with Crippen LogP contribution in [-0.4, -0.2) is 22.4 Å². The van der Waals surface area contributed by atoms with Crippen molar-refractivity contribution in [3.63, 3.8) is 0 Å². The molecule has 0 aliphatic rings. The number of nitrogens with two attached hydrogens (primary N) is 1. The fraction of sp³-hybridized carbons (Fsp3) is 0.417. The van der Waals surface area contributed by atoms with Crippen LogP contribution in [0.2, 0.25) is 0 Å². The zero-order valence-electron chi connectivity index (χ0n) is 10.8. The average Bonchev–Trinajstić information content (AvgIpc) is 2.98. The predicted octanol–water partition coefficient (Wildman–Crippen LogP) is 1.43. The van der Waals surface area contributed by atoms with E-state index in [9.17, 15) is 4.79 Å². The Bertz CT molecular complexity index is 564. The van der Waals surface area contributed by atoms with Crippen LogP contribution in [0.25, 0.3) is 0 Å². The molecule has 2 heterocycles. The fourth-order valence-electron chi connectivity index (χ4n) is 1.56. The van der Waals surface area contributed by atoms with Gasteiger partial charge in [0.15, 0.2) is 0 Å². The molecule has 2 aromatic rings. The third-order valence-electron chi connectivity index (χ3n) is 2.50. The normalized spacial score (nSPS) is 12.4. The second-order valence-electron chi connectivity index (χ2n) is 4.17. The summed E-state index contributed by atoms with van der Waals surface area (Å²) in [6, 6.07) is -0.291. The Labute approximate surface area is 115 Å². The SMILES string of the molecule is Cc1cnc(C(C)NC(=O)c2csc(CCN)n2)o1. The molecule has 0 fully saturated rings. The molecule has 102 valence electrons. The van der Waals surface area contributed by atoms with Crippen LogP contribution in [0.15, 0.2) is 16.0 Å². The van der Waals surface area contributed by atoms with Crippen molar-refractivity contribution in [3.05, 3.63) is 33.9 Å². The molecule has 0 aromatic carbocycles. The van der Waals surface area contributed by atoms with Gasteiger partial charge < -0.3 is 15.5 Å². The number of nitrogens with one attached hydrogen (secondary N) is 1. The van der Waals surface area contributed by atoms with Gasteiger partial charge in [0.05, 0.1) is 11.2 Å². The Morgan fingerprint density at radius 3 is 3.05 bits per heavy atom. The first kappa shape index (κ1) is 13.7. The number of carbonyl (C=O) groups excluding carboxylic acids is 1. The number of carbonyl (C=O) groups is 1. The van der Waals surface area contributed by atoms with Crippen LogP contribution in [0.4, 0.5) is 0 Å². The maximum atomic E-state index is 12.0. The second-order valence-corrected chi connectivity index (χ2v) is 5.11. The maximum Gasteiger partial charge on any atom is 0.271 e. The summed E-state index contributed by atoms with van der Waals surface area (Å²) in [7, 11) is 0. The van der Waals surface area contributed by atoms with E-state index in [0.29, 0.717) is 24.6 Å². The lowest BCUT2D eigenvalue weighted by molar-refractivity contribution is 0.0929.